The van der Waals surface area contributed by atoms with Crippen molar-refractivity contribution < 1.29 is 0 Å². The normalized spacial score (nSPS) is 14.4. The molecular weight excluding hydrogens is 302 g/mol. The van der Waals surface area contributed by atoms with Crippen LogP contribution in [-0.4, -0.2) is 40.3 Å². The van der Waals surface area contributed by atoms with Gasteiger partial charge in [0.05, 0.1) is 11.6 Å². The molecule has 2 heterocycles. The van der Waals surface area contributed by atoms with Crippen LogP contribution in [0.3, 0.4) is 0 Å². The van der Waals surface area contributed by atoms with Crippen molar-refractivity contribution in [3.05, 3.63) is 30.5 Å². The summed E-state index contributed by atoms with van der Waals surface area (Å²) in [5, 5.41) is 14.7. The van der Waals surface area contributed by atoms with E-state index in [4.69, 9.17) is 0 Å². The highest BCUT2D eigenvalue weighted by atomic mass is 15.2. The summed E-state index contributed by atoms with van der Waals surface area (Å²) in [6.07, 6.45) is 5.43. The molecule has 4 rings (SSSR count). The first-order valence-corrected chi connectivity index (χ1v) is 8.21. The predicted octanol–water partition coefficient (Wildman–Crippen LogP) is 3.13. The number of fused-ring (bicyclic) bond motifs is 1. The van der Waals surface area contributed by atoms with Crippen molar-refractivity contribution >= 4 is 34.2 Å². The second-order valence-corrected chi connectivity index (χ2v) is 6.37. The number of aromatic amines is 1. The maximum Gasteiger partial charge on any atom is 0.231 e. The molecule has 1 fully saturated rings. The molecule has 1 aliphatic carbocycles. The Morgan fingerprint density at radius 2 is 1.92 bits per heavy atom. The van der Waals surface area contributed by atoms with E-state index in [1.165, 1.54) is 19.3 Å². The standard InChI is InChI=1S/C17H21N7/c1-24(2)13-8-6-12(7-9-13)20-17-21-15(19-11-4-3-5-11)14-10-18-23-16(14)22-17/h6-11H,3-5H2,1-2H3,(H3,18,19,20,21,22,23). The smallest absolute Gasteiger partial charge is 0.231 e. The van der Waals surface area contributed by atoms with E-state index in [1.54, 1.807) is 6.20 Å². The van der Waals surface area contributed by atoms with Gasteiger partial charge in [-0.25, -0.2) is 0 Å². The second kappa shape index (κ2) is 5.99. The lowest BCUT2D eigenvalue weighted by Gasteiger charge is -2.27. The molecule has 1 aromatic carbocycles. The lowest BCUT2D eigenvalue weighted by Crippen LogP contribution is -2.27. The summed E-state index contributed by atoms with van der Waals surface area (Å²) in [6, 6.07) is 8.67. The van der Waals surface area contributed by atoms with E-state index in [9.17, 15) is 0 Å². The third kappa shape index (κ3) is 2.84. The largest absolute Gasteiger partial charge is 0.378 e. The van der Waals surface area contributed by atoms with Gasteiger partial charge in [0.1, 0.15) is 5.82 Å². The van der Waals surface area contributed by atoms with Crippen LogP contribution in [0.5, 0.6) is 0 Å². The minimum absolute atomic E-state index is 0.505. The van der Waals surface area contributed by atoms with Crippen LogP contribution in [0, 0.1) is 0 Å². The Bertz CT molecular complexity index is 834. The number of nitrogens with zero attached hydrogens (tertiary/aromatic N) is 4. The van der Waals surface area contributed by atoms with Crippen molar-refractivity contribution in [3.63, 3.8) is 0 Å². The quantitative estimate of drug-likeness (QED) is 0.669. The monoisotopic (exact) mass is 323 g/mol. The van der Waals surface area contributed by atoms with Gasteiger partial charge < -0.3 is 15.5 Å². The zero-order valence-corrected chi connectivity index (χ0v) is 13.9. The molecule has 0 bridgehead atoms. The molecule has 3 N–H and O–H groups in total. The Hall–Kier alpha value is -2.83. The molecule has 1 saturated carbocycles. The summed E-state index contributed by atoms with van der Waals surface area (Å²) in [5.41, 5.74) is 2.84. The lowest BCUT2D eigenvalue weighted by molar-refractivity contribution is 0.445. The Labute approximate surface area is 140 Å². The van der Waals surface area contributed by atoms with Gasteiger partial charge in [0.15, 0.2) is 5.65 Å². The van der Waals surface area contributed by atoms with Gasteiger partial charge in [-0.15, -0.1) is 0 Å². The fourth-order valence-electron chi connectivity index (χ4n) is 2.72. The van der Waals surface area contributed by atoms with Crippen LogP contribution in [0.2, 0.25) is 0 Å². The highest BCUT2D eigenvalue weighted by Gasteiger charge is 2.19. The van der Waals surface area contributed by atoms with Gasteiger partial charge in [-0.2, -0.15) is 15.1 Å². The molecule has 0 amide bonds. The van der Waals surface area contributed by atoms with E-state index < -0.39 is 0 Å². The summed E-state index contributed by atoms with van der Waals surface area (Å²) in [5.74, 6) is 1.40. The molecular formula is C17H21N7. The number of aromatic nitrogens is 4. The van der Waals surface area contributed by atoms with Gasteiger partial charge in [0, 0.05) is 31.5 Å². The second-order valence-electron chi connectivity index (χ2n) is 6.37. The Balaban J connectivity index is 1.61. The van der Waals surface area contributed by atoms with Crippen LogP contribution < -0.4 is 15.5 Å². The summed E-state index contributed by atoms with van der Waals surface area (Å²) in [7, 11) is 4.05. The number of hydrogen-bond acceptors (Lipinski definition) is 6. The van der Waals surface area contributed by atoms with Crippen LogP contribution in [-0.2, 0) is 0 Å². The maximum atomic E-state index is 4.64. The highest BCUT2D eigenvalue weighted by Crippen LogP contribution is 2.27. The van der Waals surface area contributed by atoms with Gasteiger partial charge in [-0.05, 0) is 43.5 Å². The number of benzene rings is 1. The van der Waals surface area contributed by atoms with E-state index in [-0.39, 0.29) is 0 Å². The van der Waals surface area contributed by atoms with Gasteiger partial charge in [0.25, 0.3) is 0 Å². The fraction of sp³-hybridized carbons (Fsp3) is 0.353. The van der Waals surface area contributed by atoms with Crippen LogP contribution in [0.1, 0.15) is 19.3 Å². The van der Waals surface area contributed by atoms with E-state index in [2.05, 4.69) is 47.8 Å². The highest BCUT2D eigenvalue weighted by molar-refractivity contribution is 5.87. The number of anilines is 4. The lowest BCUT2D eigenvalue weighted by atomic mass is 9.93. The molecule has 124 valence electrons. The van der Waals surface area contributed by atoms with Crippen molar-refractivity contribution in [2.24, 2.45) is 0 Å². The van der Waals surface area contributed by atoms with E-state index in [0.29, 0.717) is 12.0 Å². The SMILES string of the molecule is CN(C)c1ccc(Nc2nc(NC3CCC3)c3cn[nH]c3n2)cc1. The van der Waals surface area contributed by atoms with Gasteiger partial charge in [-0.3, -0.25) is 5.10 Å². The third-order valence-electron chi connectivity index (χ3n) is 4.40. The molecule has 0 unspecified atom stereocenters. The van der Waals surface area contributed by atoms with Crippen molar-refractivity contribution in [2.45, 2.75) is 25.3 Å². The zero-order valence-electron chi connectivity index (χ0n) is 13.9. The van der Waals surface area contributed by atoms with Gasteiger partial charge in [0.2, 0.25) is 5.95 Å². The average molecular weight is 323 g/mol. The summed E-state index contributed by atoms with van der Waals surface area (Å²) < 4.78 is 0. The number of H-pyrrole nitrogens is 1. The molecule has 0 atom stereocenters. The first kappa shape index (κ1) is 14.7. The number of nitrogens with one attached hydrogen (secondary N) is 3. The molecule has 2 aromatic heterocycles. The Kier molecular flexibility index (Phi) is 3.68. The summed E-state index contributed by atoms with van der Waals surface area (Å²) in [4.78, 5) is 11.2. The minimum Gasteiger partial charge on any atom is -0.378 e. The first-order chi connectivity index (χ1) is 11.7. The zero-order chi connectivity index (χ0) is 16.5. The molecule has 0 aliphatic heterocycles. The Morgan fingerprint density at radius 1 is 1.12 bits per heavy atom. The Morgan fingerprint density at radius 3 is 2.58 bits per heavy atom. The molecule has 1 aliphatic rings. The van der Waals surface area contributed by atoms with Crippen LogP contribution in [0.4, 0.5) is 23.1 Å². The van der Waals surface area contributed by atoms with Crippen molar-refractivity contribution in [2.75, 3.05) is 29.6 Å². The molecule has 24 heavy (non-hydrogen) atoms. The van der Waals surface area contributed by atoms with Gasteiger partial charge in [-0.1, -0.05) is 0 Å². The average Bonchev–Trinajstić information content (AvgIpc) is 3.00. The molecule has 0 saturated heterocycles. The van der Waals surface area contributed by atoms with Crippen LogP contribution in [0.15, 0.2) is 30.5 Å². The van der Waals surface area contributed by atoms with Crippen molar-refractivity contribution in [1.29, 1.82) is 0 Å². The van der Waals surface area contributed by atoms with Crippen molar-refractivity contribution in [3.8, 4) is 0 Å². The molecule has 0 radical (unpaired) electrons. The third-order valence-corrected chi connectivity index (χ3v) is 4.40. The molecule has 3 aromatic rings. The van der Waals surface area contributed by atoms with Crippen LogP contribution >= 0.6 is 0 Å². The fourth-order valence-corrected chi connectivity index (χ4v) is 2.72. The summed E-state index contributed by atoms with van der Waals surface area (Å²) in [6.45, 7) is 0. The van der Waals surface area contributed by atoms with E-state index in [0.717, 1.165) is 28.2 Å². The van der Waals surface area contributed by atoms with E-state index >= 15 is 0 Å². The minimum atomic E-state index is 0.505. The molecule has 7 heteroatoms. The maximum absolute atomic E-state index is 4.64. The van der Waals surface area contributed by atoms with Gasteiger partial charge >= 0.3 is 0 Å². The number of hydrogen-bond donors (Lipinski definition) is 3. The summed E-state index contributed by atoms with van der Waals surface area (Å²) >= 11 is 0. The van der Waals surface area contributed by atoms with E-state index in [1.807, 2.05) is 26.2 Å². The van der Waals surface area contributed by atoms with Crippen molar-refractivity contribution in [1.82, 2.24) is 20.2 Å². The molecule has 7 nitrogen and oxygen atoms in total. The number of rotatable bonds is 5. The molecule has 0 spiro atoms. The first-order valence-electron chi connectivity index (χ1n) is 8.21. The van der Waals surface area contributed by atoms with Crippen LogP contribution in [0.25, 0.3) is 11.0 Å². The predicted molar refractivity (Wildman–Crippen MR) is 97.0 cm³/mol. The topological polar surface area (TPSA) is 81.8 Å².